The Labute approximate surface area is 127 Å². The summed E-state index contributed by atoms with van der Waals surface area (Å²) < 4.78 is 0. The van der Waals surface area contributed by atoms with Gasteiger partial charge in [-0.3, -0.25) is 10.2 Å². The molecular weight excluding hydrogens is 290 g/mol. The van der Waals surface area contributed by atoms with E-state index in [0.717, 1.165) is 5.56 Å². The van der Waals surface area contributed by atoms with Crippen molar-refractivity contribution in [3.63, 3.8) is 0 Å². The maximum atomic E-state index is 11.5. The zero-order valence-electron chi connectivity index (χ0n) is 11.1. The molecule has 2 rings (SSSR count). The SMILES string of the molecule is N/C(Cc1ccccc1)=N\OC(=O)Nc1ccc(Cl)cc1. The molecule has 0 radical (unpaired) electrons. The lowest BCUT2D eigenvalue weighted by Crippen LogP contribution is -2.18. The fourth-order valence-electron chi connectivity index (χ4n) is 1.61. The van der Waals surface area contributed by atoms with Crippen LogP contribution < -0.4 is 11.1 Å². The first kappa shape index (κ1) is 14.9. The van der Waals surface area contributed by atoms with Crippen molar-refractivity contribution in [2.75, 3.05) is 5.32 Å². The standard InChI is InChI=1S/C15H14ClN3O2/c16-12-6-8-13(9-7-12)18-15(20)21-19-14(17)10-11-4-2-1-3-5-11/h1-9H,10H2,(H2,17,19)(H,18,20). The second-order valence-corrected chi connectivity index (χ2v) is 4.69. The summed E-state index contributed by atoms with van der Waals surface area (Å²) in [4.78, 5) is 16.2. The number of hydrogen-bond acceptors (Lipinski definition) is 3. The van der Waals surface area contributed by atoms with Crippen molar-refractivity contribution in [3.05, 3.63) is 65.2 Å². The van der Waals surface area contributed by atoms with Crippen LogP contribution in [0.1, 0.15) is 5.56 Å². The average Bonchev–Trinajstić information content (AvgIpc) is 2.49. The van der Waals surface area contributed by atoms with Gasteiger partial charge in [0.1, 0.15) is 5.84 Å². The molecule has 1 amide bonds. The number of hydrogen-bond donors (Lipinski definition) is 2. The summed E-state index contributed by atoms with van der Waals surface area (Å²) >= 11 is 5.75. The minimum absolute atomic E-state index is 0.215. The molecule has 0 spiro atoms. The summed E-state index contributed by atoms with van der Waals surface area (Å²) in [6, 6.07) is 16.2. The molecule has 5 nitrogen and oxygen atoms in total. The molecule has 2 aromatic carbocycles. The molecule has 0 aliphatic heterocycles. The quantitative estimate of drug-likeness (QED) is 0.393. The highest BCUT2D eigenvalue weighted by molar-refractivity contribution is 6.30. The first-order valence-corrected chi connectivity index (χ1v) is 6.61. The Hall–Kier alpha value is -2.53. The van der Waals surface area contributed by atoms with Crippen LogP contribution in [0.3, 0.4) is 0 Å². The number of carbonyl (C=O) groups is 1. The van der Waals surface area contributed by atoms with E-state index in [1.807, 2.05) is 30.3 Å². The average molecular weight is 304 g/mol. The van der Waals surface area contributed by atoms with Crippen LogP contribution in [0, 0.1) is 0 Å². The van der Waals surface area contributed by atoms with Crippen LogP contribution in [0.25, 0.3) is 0 Å². The number of rotatable bonds is 4. The van der Waals surface area contributed by atoms with E-state index in [1.165, 1.54) is 0 Å². The van der Waals surface area contributed by atoms with Crippen LogP contribution in [0.2, 0.25) is 5.02 Å². The fraction of sp³-hybridized carbons (Fsp3) is 0.0667. The van der Waals surface area contributed by atoms with Crippen molar-refractivity contribution >= 4 is 29.2 Å². The summed E-state index contributed by atoms with van der Waals surface area (Å²) in [6.45, 7) is 0. The number of amides is 1. The molecule has 21 heavy (non-hydrogen) atoms. The molecule has 0 bridgehead atoms. The van der Waals surface area contributed by atoms with E-state index in [4.69, 9.17) is 22.2 Å². The summed E-state index contributed by atoms with van der Waals surface area (Å²) in [5.74, 6) is 0.215. The fourth-order valence-corrected chi connectivity index (χ4v) is 1.74. The van der Waals surface area contributed by atoms with Crippen molar-refractivity contribution in [3.8, 4) is 0 Å². The molecular formula is C15H14ClN3O2. The summed E-state index contributed by atoms with van der Waals surface area (Å²) in [5, 5.41) is 6.68. The van der Waals surface area contributed by atoms with Gasteiger partial charge < -0.3 is 5.73 Å². The van der Waals surface area contributed by atoms with Gasteiger partial charge in [0, 0.05) is 17.1 Å². The van der Waals surface area contributed by atoms with Gasteiger partial charge in [0.15, 0.2) is 0 Å². The number of halogens is 1. The molecule has 0 atom stereocenters. The predicted octanol–water partition coefficient (Wildman–Crippen LogP) is 3.40. The Balaban J connectivity index is 1.85. The number of nitrogens with zero attached hydrogens (tertiary/aromatic N) is 1. The second kappa shape index (κ2) is 7.31. The Bertz CT molecular complexity index is 627. The summed E-state index contributed by atoms with van der Waals surface area (Å²) in [6.07, 6.45) is -0.303. The summed E-state index contributed by atoms with van der Waals surface area (Å²) in [5.41, 5.74) is 7.24. The normalized spacial score (nSPS) is 11.0. The van der Waals surface area contributed by atoms with Crippen LogP contribution in [0.5, 0.6) is 0 Å². The topological polar surface area (TPSA) is 76.7 Å². The van der Waals surface area contributed by atoms with Crippen molar-refractivity contribution < 1.29 is 9.63 Å². The molecule has 0 saturated carbocycles. The van der Waals surface area contributed by atoms with Gasteiger partial charge in [0.05, 0.1) is 0 Å². The molecule has 0 saturated heterocycles. The van der Waals surface area contributed by atoms with Crippen molar-refractivity contribution in [2.24, 2.45) is 10.9 Å². The Morgan fingerprint density at radius 3 is 2.48 bits per heavy atom. The molecule has 0 aliphatic rings. The van der Waals surface area contributed by atoms with Gasteiger partial charge >= 0.3 is 6.09 Å². The van der Waals surface area contributed by atoms with Crippen LogP contribution >= 0.6 is 11.6 Å². The molecule has 0 heterocycles. The first-order chi connectivity index (χ1) is 10.1. The molecule has 0 aromatic heterocycles. The second-order valence-electron chi connectivity index (χ2n) is 4.26. The third-order valence-electron chi connectivity index (χ3n) is 2.56. The number of anilines is 1. The zero-order chi connectivity index (χ0) is 15.1. The van der Waals surface area contributed by atoms with Crippen molar-refractivity contribution in [1.29, 1.82) is 0 Å². The van der Waals surface area contributed by atoms with Crippen molar-refractivity contribution in [2.45, 2.75) is 6.42 Å². The van der Waals surface area contributed by atoms with E-state index >= 15 is 0 Å². The van der Waals surface area contributed by atoms with Gasteiger partial charge in [-0.05, 0) is 29.8 Å². The number of benzene rings is 2. The number of oxime groups is 1. The van der Waals surface area contributed by atoms with Gasteiger partial charge in [0.2, 0.25) is 0 Å². The lowest BCUT2D eigenvalue weighted by molar-refractivity contribution is 0.166. The van der Waals surface area contributed by atoms with Crippen molar-refractivity contribution in [1.82, 2.24) is 0 Å². The van der Waals surface area contributed by atoms with Crippen LogP contribution in [-0.4, -0.2) is 11.9 Å². The molecule has 6 heteroatoms. The molecule has 0 aliphatic carbocycles. The minimum atomic E-state index is -0.715. The number of nitrogens with two attached hydrogens (primary N) is 1. The Kier molecular flexibility index (Phi) is 5.17. The molecule has 0 fully saturated rings. The largest absolute Gasteiger partial charge is 0.437 e. The highest BCUT2D eigenvalue weighted by Crippen LogP contribution is 2.13. The van der Waals surface area contributed by atoms with E-state index < -0.39 is 6.09 Å². The highest BCUT2D eigenvalue weighted by atomic mass is 35.5. The van der Waals surface area contributed by atoms with E-state index in [2.05, 4.69) is 10.5 Å². The third kappa shape index (κ3) is 5.16. The maximum absolute atomic E-state index is 11.5. The smallest absolute Gasteiger partial charge is 0.384 e. The zero-order valence-corrected chi connectivity index (χ0v) is 11.9. The first-order valence-electron chi connectivity index (χ1n) is 6.23. The van der Waals surface area contributed by atoms with E-state index in [1.54, 1.807) is 24.3 Å². The Morgan fingerprint density at radius 2 is 1.81 bits per heavy atom. The van der Waals surface area contributed by atoms with E-state index in [0.29, 0.717) is 17.1 Å². The predicted molar refractivity (Wildman–Crippen MR) is 83.3 cm³/mol. The van der Waals surface area contributed by atoms with Crippen LogP contribution in [-0.2, 0) is 11.3 Å². The maximum Gasteiger partial charge on any atom is 0.437 e. The van der Waals surface area contributed by atoms with E-state index in [9.17, 15) is 4.79 Å². The van der Waals surface area contributed by atoms with Crippen LogP contribution in [0.15, 0.2) is 59.8 Å². The molecule has 108 valence electrons. The number of amidine groups is 1. The summed E-state index contributed by atoms with van der Waals surface area (Å²) in [7, 11) is 0. The minimum Gasteiger partial charge on any atom is -0.384 e. The third-order valence-corrected chi connectivity index (χ3v) is 2.82. The van der Waals surface area contributed by atoms with Gasteiger partial charge in [-0.15, -0.1) is 0 Å². The lowest BCUT2D eigenvalue weighted by atomic mass is 10.1. The Morgan fingerprint density at radius 1 is 1.14 bits per heavy atom. The van der Waals surface area contributed by atoms with Gasteiger partial charge in [-0.2, -0.15) is 0 Å². The van der Waals surface area contributed by atoms with Gasteiger partial charge in [0.25, 0.3) is 0 Å². The molecule has 2 aromatic rings. The monoisotopic (exact) mass is 303 g/mol. The molecule has 0 unspecified atom stereocenters. The number of carbonyl (C=O) groups excluding carboxylic acids is 1. The number of nitrogens with one attached hydrogen (secondary N) is 1. The molecule has 3 N–H and O–H groups in total. The lowest BCUT2D eigenvalue weighted by Gasteiger charge is -2.04. The van der Waals surface area contributed by atoms with E-state index in [-0.39, 0.29) is 5.84 Å². The van der Waals surface area contributed by atoms with Gasteiger partial charge in [-0.1, -0.05) is 47.1 Å². The highest BCUT2D eigenvalue weighted by Gasteiger charge is 2.04. The van der Waals surface area contributed by atoms with Gasteiger partial charge in [-0.25, -0.2) is 4.79 Å². The van der Waals surface area contributed by atoms with Crippen LogP contribution in [0.4, 0.5) is 10.5 Å².